The summed E-state index contributed by atoms with van der Waals surface area (Å²) in [6.45, 7) is 2.77. The topological polar surface area (TPSA) is 52.1 Å². The van der Waals surface area contributed by atoms with Gasteiger partial charge in [0.2, 0.25) is 0 Å². The largest absolute Gasteiger partial charge is 0.497 e. The van der Waals surface area contributed by atoms with Gasteiger partial charge < -0.3 is 14.0 Å². The number of aromatic nitrogens is 3. The average molecular weight is 265 g/mol. The predicted octanol–water partition coefficient (Wildman–Crippen LogP) is 2.64. The molecule has 0 saturated carbocycles. The zero-order valence-corrected chi connectivity index (χ0v) is 11.4. The minimum absolute atomic E-state index is 0.606. The van der Waals surface area contributed by atoms with Gasteiger partial charge in [-0.3, -0.25) is 5.10 Å². The molecule has 0 aliphatic heterocycles. The monoisotopic (exact) mass is 265 g/mol. The molecule has 1 heterocycles. The molecule has 0 aliphatic carbocycles. The van der Waals surface area contributed by atoms with Gasteiger partial charge >= 0.3 is 0 Å². The molecule has 0 unspecified atom stereocenters. The number of rotatable bonds is 4. The molecular weight excluding hydrogens is 250 g/mol. The molecule has 2 aromatic rings. The average Bonchev–Trinajstić information content (AvgIpc) is 2.79. The van der Waals surface area contributed by atoms with Crippen LogP contribution in [0.4, 0.5) is 0 Å². The molecule has 0 radical (unpaired) electrons. The van der Waals surface area contributed by atoms with E-state index in [1.165, 1.54) is 0 Å². The van der Waals surface area contributed by atoms with Crippen LogP contribution in [0, 0.1) is 4.77 Å². The van der Waals surface area contributed by atoms with Crippen LogP contribution in [0.2, 0.25) is 0 Å². The van der Waals surface area contributed by atoms with Gasteiger partial charge in [-0.15, -0.1) is 0 Å². The zero-order chi connectivity index (χ0) is 13.1. The van der Waals surface area contributed by atoms with Gasteiger partial charge in [0.15, 0.2) is 10.6 Å². The van der Waals surface area contributed by atoms with Crippen LogP contribution in [0.5, 0.6) is 11.5 Å². The Labute approximate surface area is 110 Å². The van der Waals surface area contributed by atoms with Crippen LogP contribution >= 0.6 is 12.2 Å². The van der Waals surface area contributed by atoms with E-state index in [0.29, 0.717) is 4.77 Å². The summed E-state index contributed by atoms with van der Waals surface area (Å²) >= 11 is 5.18. The first-order chi connectivity index (χ1) is 8.69. The molecule has 0 saturated heterocycles. The molecule has 5 nitrogen and oxygen atoms in total. The first-order valence-electron chi connectivity index (χ1n) is 5.58. The van der Waals surface area contributed by atoms with Crippen molar-refractivity contribution in [3.63, 3.8) is 0 Å². The van der Waals surface area contributed by atoms with Gasteiger partial charge in [0.05, 0.1) is 14.2 Å². The lowest BCUT2D eigenvalue weighted by Gasteiger charge is -2.08. The van der Waals surface area contributed by atoms with E-state index in [4.69, 9.17) is 21.7 Å². The van der Waals surface area contributed by atoms with Crippen LogP contribution < -0.4 is 9.47 Å². The predicted molar refractivity (Wildman–Crippen MR) is 71.6 cm³/mol. The van der Waals surface area contributed by atoms with Crippen molar-refractivity contribution in [2.45, 2.75) is 13.5 Å². The van der Waals surface area contributed by atoms with E-state index in [9.17, 15) is 0 Å². The highest BCUT2D eigenvalue weighted by Crippen LogP contribution is 2.28. The smallest absolute Gasteiger partial charge is 0.195 e. The molecule has 1 aromatic carbocycles. The molecule has 0 fully saturated rings. The Kier molecular flexibility index (Phi) is 3.66. The lowest BCUT2D eigenvalue weighted by molar-refractivity contribution is 0.394. The number of aromatic amines is 1. The molecular formula is C12H15N3O2S. The summed E-state index contributed by atoms with van der Waals surface area (Å²) < 4.78 is 13.0. The van der Waals surface area contributed by atoms with E-state index >= 15 is 0 Å². The van der Waals surface area contributed by atoms with Gasteiger partial charge in [0.25, 0.3) is 0 Å². The van der Waals surface area contributed by atoms with E-state index in [-0.39, 0.29) is 0 Å². The quantitative estimate of drug-likeness (QED) is 0.863. The van der Waals surface area contributed by atoms with E-state index in [0.717, 1.165) is 29.4 Å². The van der Waals surface area contributed by atoms with Gasteiger partial charge in [0, 0.05) is 18.2 Å². The van der Waals surface area contributed by atoms with Crippen molar-refractivity contribution in [2.75, 3.05) is 14.2 Å². The van der Waals surface area contributed by atoms with Crippen LogP contribution in [-0.4, -0.2) is 29.0 Å². The van der Waals surface area contributed by atoms with Gasteiger partial charge in [-0.2, -0.15) is 5.10 Å². The van der Waals surface area contributed by atoms with E-state index < -0.39 is 0 Å². The normalized spacial score (nSPS) is 10.4. The highest BCUT2D eigenvalue weighted by Gasteiger charge is 2.10. The molecule has 1 aromatic heterocycles. The number of benzene rings is 1. The van der Waals surface area contributed by atoms with Crippen molar-refractivity contribution in [2.24, 2.45) is 0 Å². The van der Waals surface area contributed by atoms with Crippen molar-refractivity contribution < 1.29 is 9.47 Å². The van der Waals surface area contributed by atoms with Gasteiger partial charge in [0.1, 0.15) is 11.5 Å². The highest BCUT2D eigenvalue weighted by molar-refractivity contribution is 7.71. The number of ether oxygens (including phenoxy) is 2. The molecule has 96 valence electrons. The minimum Gasteiger partial charge on any atom is -0.497 e. The summed E-state index contributed by atoms with van der Waals surface area (Å²) in [5, 5.41) is 7.04. The van der Waals surface area contributed by atoms with Crippen LogP contribution in [0.25, 0.3) is 11.4 Å². The van der Waals surface area contributed by atoms with Crippen molar-refractivity contribution in [3.8, 4) is 22.9 Å². The fourth-order valence-corrected chi connectivity index (χ4v) is 2.03. The summed E-state index contributed by atoms with van der Waals surface area (Å²) in [6.07, 6.45) is 0. The molecule has 1 N–H and O–H groups in total. The van der Waals surface area contributed by atoms with Crippen LogP contribution in [0.1, 0.15) is 6.92 Å². The van der Waals surface area contributed by atoms with Crippen molar-refractivity contribution >= 4 is 12.2 Å². The fourth-order valence-electron chi connectivity index (χ4n) is 1.77. The van der Waals surface area contributed by atoms with Crippen LogP contribution in [0.3, 0.4) is 0 Å². The third-order valence-electron chi connectivity index (χ3n) is 2.68. The summed E-state index contributed by atoms with van der Waals surface area (Å²) in [4.78, 5) is 0. The summed E-state index contributed by atoms with van der Waals surface area (Å²) in [5.41, 5.74) is 0.903. The zero-order valence-electron chi connectivity index (χ0n) is 10.6. The lowest BCUT2D eigenvalue weighted by Crippen LogP contribution is -1.98. The van der Waals surface area contributed by atoms with Crippen molar-refractivity contribution in [1.82, 2.24) is 14.8 Å². The number of hydrogen-bond donors (Lipinski definition) is 1. The summed E-state index contributed by atoms with van der Waals surface area (Å²) in [5.74, 6) is 2.22. The summed E-state index contributed by atoms with van der Waals surface area (Å²) in [6, 6.07) is 5.63. The second-order valence-corrected chi connectivity index (χ2v) is 4.08. The first-order valence-corrected chi connectivity index (χ1v) is 5.99. The SMILES string of the molecule is CCn1c(-c2cc(OC)cc(OC)c2)n[nH]c1=S. The third kappa shape index (κ3) is 2.24. The Morgan fingerprint density at radius 1 is 1.22 bits per heavy atom. The maximum Gasteiger partial charge on any atom is 0.195 e. The Morgan fingerprint density at radius 2 is 1.83 bits per heavy atom. The third-order valence-corrected chi connectivity index (χ3v) is 3.00. The summed E-state index contributed by atoms with van der Waals surface area (Å²) in [7, 11) is 3.24. The van der Waals surface area contributed by atoms with Crippen LogP contribution in [0.15, 0.2) is 18.2 Å². The Bertz CT molecular complexity index is 581. The van der Waals surface area contributed by atoms with E-state index in [1.807, 2.05) is 29.7 Å². The minimum atomic E-state index is 0.606. The number of methoxy groups -OCH3 is 2. The number of nitrogens with zero attached hydrogens (tertiary/aromatic N) is 2. The maximum atomic E-state index is 5.25. The van der Waals surface area contributed by atoms with E-state index in [1.54, 1.807) is 14.2 Å². The second-order valence-electron chi connectivity index (χ2n) is 3.70. The fraction of sp³-hybridized carbons (Fsp3) is 0.333. The van der Waals surface area contributed by atoms with Gasteiger partial charge in [-0.25, -0.2) is 0 Å². The molecule has 2 rings (SSSR count). The first kappa shape index (κ1) is 12.6. The van der Waals surface area contributed by atoms with E-state index in [2.05, 4.69) is 10.2 Å². The Morgan fingerprint density at radius 3 is 2.33 bits per heavy atom. The molecule has 0 amide bonds. The Hall–Kier alpha value is -1.82. The molecule has 0 aliphatic rings. The molecule has 18 heavy (non-hydrogen) atoms. The number of nitrogens with one attached hydrogen (secondary N) is 1. The maximum absolute atomic E-state index is 5.25. The lowest BCUT2D eigenvalue weighted by atomic mass is 10.2. The second kappa shape index (κ2) is 5.22. The van der Waals surface area contributed by atoms with Crippen LogP contribution in [-0.2, 0) is 6.54 Å². The highest BCUT2D eigenvalue weighted by atomic mass is 32.1. The molecule has 0 atom stereocenters. The van der Waals surface area contributed by atoms with Gasteiger partial charge in [-0.05, 0) is 31.3 Å². The number of hydrogen-bond acceptors (Lipinski definition) is 4. The molecule has 0 bridgehead atoms. The van der Waals surface area contributed by atoms with Crippen molar-refractivity contribution in [1.29, 1.82) is 0 Å². The molecule has 6 heteroatoms. The van der Waals surface area contributed by atoms with Crippen molar-refractivity contribution in [3.05, 3.63) is 23.0 Å². The standard InChI is InChI=1S/C12H15N3O2S/c1-4-15-11(13-14-12(15)18)8-5-9(16-2)7-10(6-8)17-3/h5-7H,4H2,1-3H3,(H,14,18). The molecule has 0 spiro atoms. The Balaban J connectivity index is 2.59. The number of H-pyrrole nitrogens is 1. The van der Waals surface area contributed by atoms with Gasteiger partial charge in [-0.1, -0.05) is 0 Å².